The standard InChI is InChI=1S/C13H15F5N2O/c1-11(12(2,15)16,13(3,17)18)20-10(21)19-9-7-5-4-6-8(9)14/h4-7H,1-3H3,(H2,19,20,21). The molecule has 0 bridgehead atoms. The van der Waals surface area contributed by atoms with Crippen LogP contribution in [0.15, 0.2) is 24.3 Å². The van der Waals surface area contributed by atoms with E-state index in [9.17, 15) is 26.7 Å². The lowest BCUT2D eigenvalue weighted by molar-refractivity contribution is -0.173. The zero-order valence-corrected chi connectivity index (χ0v) is 11.6. The Bertz CT molecular complexity index is 508. The fourth-order valence-electron chi connectivity index (χ4n) is 1.55. The molecule has 0 unspecified atom stereocenters. The summed E-state index contributed by atoms with van der Waals surface area (Å²) in [6, 6.07) is 3.58. The van der Waals surface area contributed by atoms with Crippen LogP contribution in [0.2, 0.25) is 0 Å². The molecular weight excluding hydrogens is 295 g/mol. The molecule has 0 heterocycles. The van der Waals surface area contributed by atoms with Gasteiger partial charge < -0.3 is 10.6 Å². The van der Waals surface area contributed by atoms with Gasteiger partial charge in [-0.25, -0.2) is 26.7 Å². The number of amides is 2. The van der Waals surface area contributed by atoms with Gasteiger partial charge in [-0.15, -0.1) is 0 Å². The van der Waals surface area contributed by atoms with Gasteiger partial charge in [0.25, 0.3) is 11.8 Å². The van der Waals surface area contributed by atoms with E-state index < -0.39 is 29.2 Å². The Kier molecular flexibility index (Phi) is 4.50. The molecule has 118 valence electrons. The number of benzene rings is 1. The predicted octanol–water partition coefficient (Wildman–Crippen LogP) is 4.02. The van der Waals surface area contributed by atoms with E-state index in [-0.39, 0.29) is 19.5 Å². The minimum absolute atomic E-state index is 0.272. The van der Waals surface area contributed by atoms with Crippen LogP contribution in [0, 0.1) is 5.82 Å². The molecule has 0 aliphatic heterocycles. The number of hydrogen-bond donors (Lipinski definition) is 2. The number of para-hydroxylation sites is 1. The summed E-state index contributed by atoms with van der Waals surface area (Å²) in [5.41, 5.74) is -3.44. The summed E-state index contributed by atoms with van der Waals surface area (Å²) in [5.74, 6) is -8.63. The molecule has 0 aliphatic carbocycles. The summed E-state index contributed by atoms with van der Waals surface area (Å²) in [7, 11) is 0. The van der Waals surface area contributed by atoms with Crippen molar-refractivity contribution in [2.75, 3.05) is 5.32 Å². The lowest BCUT2D eigenvalue weighted by Crippen LogP contribution is -2.67. The van der Waals surface area contributed by atoms with Gasteiger partial charge in [-0.1, -0.05) is 12.1 Å². The third-order valence-electron chi connectivity index (χ3n) is 3.24. The van der Waals surface area contributed by atoms with Crippen LogP contribution in [0.3, 0.4) is 0 Å². The van der Waals surface area contributed by atoms with Crippen LogP contribution in [0.4, 0.5) is 32.4 Å². The first-order chi connectivity index (χ1) is 9.38. The van der Waals surface area contributed by atoms with Crippen molar-refractivity contribution in [1.82, 2.24) is 5.32 Å². The van der Waals surface area contributed by atoms with E-state index in [0.717, 1.165) is 6.07 Å². The zero-order valence-electron chi connectivity index (χ0n) is 11.6. The monoisotopic (exact) mass is 310 g/mol. The lowest BCUT2D eigenvalue weighted by Gasteiger charge is -2.40. The summed E-state index contributed by atoms with van der Waals surface area (Å²) in [4.78, 5) is 11.6. The Morgan fingerprint density at radius 3 is 1.90 bits per heavy atom. The normalized spacial score (nSPS) is 13.0. The van der Waals surface area contributed by atoms with Crippen LogP contribution >= 0.6 is 0 Å². The number of hydrogen-bond acceptors (Lipinski definition) is 1. The van der Waals surface area contributed by atoms with Gasteiger partial charge in [0.1, 0.15) is 5.82 Å². The summed E-state index contributed by atoms with van der Waals surface area (Å²) in [6.07, 6.45) is 0. The summed E-state index contributed by atoms with van der Waals surface area (Å²) >= 11 is 0. The van der Waals surface area contributed by atoms with Crippen molar-refractivity contribution in [2.24, 2.45) is 0 Å². The minimum Gasteiger partial charge on any atom is -0.321 e. The molecule has 21 heavy (non-hydrogen) atoms. The Morgan fingerprint density at radius 2 is 1.48 bits per heavy atom. The number of urea groups is 1. The fourth-order valence-corrected chi connectivity index (χ4v) is 1.55. The molecule has 1 aromatic carbocycles. The number of alkyl halides is 4. The molecule has 8 heteroatoms. The van der Waals surface area contributed by atoms with Crippen LogP contribution in [0.5, 0.6) is 0 Å². The molecule has 0 aromatic heterocycles. The first kappa shape index (κ1) is 17.2. The molecule has 0 fully saturated rings. The van der Waals surface area contributed by atoms with Crippen molar-refractivity contribution in [3.63, 3.8) is 0 Å². The fraction of sp³-hybridized carbons (Fsp3) is 0.462. The van der Waals surface area contributed by atoms with Gasteiger partial charge in [0.05, 0.1) is 5.69 Å². The number of nitrogens with one attached hydrogen (secondary N) is 2. The highest BCUT2D eigenvalue weighted by Crippen LogP contribution is 2.40. The summed E-state index contributed by atoms with van der Waals surface area (Å²) in [5, 5.41) is 3.45. The molecule has 1 aromatic rings. The largest absolute Gasteiger partial charge is 0.321 e. The van der Waals surface area contributed by atoms with E-state index in [1.165, 1.54) is 23.5 Å². The van der Waals surface area contributed by atoms with Crippen LogP contribution in [-0.4, -0.2) is 23.4 Å². The second-order valence-electron chi connectivity index (χ2n) is 4.96. The molecule has 0 atom stereocenters. The third-order valence-corrected chi connectivity index (χ3v) is 3.24. The Labute approximate surface area is 118 Å². The van der Waals surface area contributed by atoms with Gasteiger partial charge >= 0.3 is 6.03 Å². The molecule has 0 radical (unpaired) electrons. The van der Waals surface area contributed by atoms with E-state index >= 15 is 0 Å². The minimum atomic E-state index is -3.90. The van der Waals surface area contributed by atoms with Crippen molar-refractivity contribution >= 4 is 11.7 Å². The first-order valence-electron chi connectivity index (χ1n) is 5.98. The summed E-state index contributed by atoms with van der Waals surface area (Å²) in [6.45, 7) is 1.06. The summed E-state index contributed by atoms with van der Waals surface area (Å²) < 4.78 is 67.1. The SMILES string of the molecule is CC(F)(F)C(C)(NC(=O)Nc1ccccc1F)C(C)(F)F. The maximum Gasteiger partial charge on any atom is 0.320 e. The predicted molar refractivity (Wildman–Crippen MR) is 68.2 cm³/mol. The van der Waals surface area contributed by atoms with E-state index in [1.807, 2.05) is 5.32 Å². The maximum absolute atomic E-state index is 13.4. The molecule has 1 rings (SSSR count). The van der Waals surface area contributed by atoms with Crippen LogP contribution in [0.1, 0.15) is 20.8 Å². The topological polar surface area (TPSA) is 41.1 Å². The highest BCUT2D eigenvalue weighted by Gasteiger charge is 2.61. The second kappa shape index (κ2) is 5.50. The van der Waals surface area contributed by atoms with Gasteiger partial charge in [0.15, 0.2) is 5.54 Å². The number of carbonyl (C=O) groups is 1. The molecule has 0 spiro atoms. The van der Waals surface area contributed by atoms with Gasteiger partial charge in [0, 0.05) is 13.8 Å². The quantitative estimate of drug-likeness (QED) is 0.810. The lowest BCUT2D eigenvalue weighted by atomic mass is 9.88. The number of rotatable bonds is 4. The van der Waals surface area contributed by atoms with E-state index in [1.54, 1.807) is 0 Å². The molecule has 0 aliphatic rings. The maximum atomic E-state index is 13.4. The average Bonchev–Trinajstić information content (AvgIpc) is 2.29. The molecule has 2 N–H and O–H groups in total. The van der Waals surface area contributed by atoms with Crippen LogP contribution in [-0.2, 0) is 0 Å². The first-order valence-corrected chi connectivity index (χ1v) is 5.98. The number of halogens is 5. The van der Waals surface area contributed by atoms with Gasteiger partial charge in [0.2, 0.25) is 0 Å². The second-order valence-corrected chi connectivity index (χ2v) is 4.96. The Morgan fingerprint density at radius 1 is 1.00 bits per heavy atom. The van der Waals surface area contributed by atoms with Crippen molar-refractivity contribution in [2.45, 2.75) is 38.2 Å². The van der Waals surface area contributed by atoms with Crippen LogP contribution < -0.4 is 10.6 Å². The zero-order chi connectivity index (χ0) is 16.5. The van der Waals surface area contributed by atoms with Gasteiger partial charge in [-0.3, -0.25) is 0 Å². The van der Waals surface area contributed by atoms with Crippen molar-refractivity contribution in [3.8, 4) is 0 Å². The molecule has 0 saturated carbocycles. The van der Waals surface area contributed by atoms with E-state index in [4.69, 9.17) is 0 Å². The van der Waals surface area contributed by atoms with Gasteiger partial charge in [-0.05, 0) is 19.1 Å². The Hall–Kier alpha value is -1.86. The highest BCUT2D eigenvalue weighted by atomic mass is 19.3. The third kappa shape index (κ3) is 3.62. The van der Waals surface area contributed by atoms with Crippen LogP contribution in [0.25, 0.3) is 0 Å². The molecular formula is C13H15F5N2O. The number of carbonyl (C=O) groups excluding carboxylic acids is 1. The van der Waals surface area contributed by atoms with E-state index in [0.29, 0.717) is 6.92 Å². The average molecular weight is 310 g/mol. The van der Waals surface area contributed by atoms with E-state index in [2.05, 4.69) is 0 Å². The Balaban J connectivity index is 2.96. The number of anilines is 1. The highest BCUT2D eigenvalue weighted by molar-refractivity contribution is 5.90. The molecule has 0 saturated heterocycles. The van der Waals surface area contributed by atoms with Crippen molar-refractivity contribution in [3.05, 3.63) is 30.1 Å². The smallest absolute Gasteiger partial charge is 0.320 e. The van der Waals surface area contributed by atoms with Crippen molar-refractivity contribution in [1.29, 1.82) is 0 Å². The van der Waals surface area contributed by atoms with Crippen molar-refractivity contribution < 1.29 is 26.7 Å². The molecule has 2 amide bonds. The molecule has 3 nitrogen and oxygen atoms in total. The van der Waals surface area contributed by atoms with Gasteiger partial charge in [-0.2, -0.15) is 0 Å².